The van der Waals surface area contributed by atoms with Crippen LogP contribution >= 0.6 is 38.9 Å². The molecule has 1 unspecified atom stereocenters. The second kappa shape index (κ2) is 9.29. The molecule has 0 fully saturated rings. The van der Waals surface area contributed by atoms with Crippen LogP contribution in [0.15, 0.2) is 22.7 Å². The molecule has 1 aliphatic rings. The fourth-order valence-electron chi connectivity index (χ4n) is 3.30. The first-order valence-electron chi connectivity index (χ1n) is 9.11. The van der Waals surface area contributed by atoms with Crippen LogP contribution in [0.25, 0.3) is 0 Å². The number of carbonyl (C=O) groups is 2. The summed E-state index contributed by atoms with van der Waals surface area (Å²) in [5.74, 6) is 0.0691. The fraction of sp³-hybridized carbons (Fsp3) is 0.400. The molecule has 1 aliphatic carbocycles. The first-order valence-corrected chi connectivity index (χ1v) is 11.1. The molecule has 1 heterocycles. The Morgan fingerprint density at radius 3 is 2.89 bits per heavy atom. The van der Waals surface area contributed by atoms with E-state index in [0.717, 1.165) is 29.7 Å². The Balaban J connectivity index is 1.77. The van der Waals surface area contributed by atoms with E-state index < -0.39 is 0 Å². The van der Waals surface area contributed by atoms with Crippen molar-refractivity contribution in [1.29, 1.82) is 0 Å². The molecule has 0 spiro atoms. The van der Waals surface area contributed by atoms with Gasteiger partial charge >= 0.3 is 5.97 Å². The third kappa shape index (κ3) is 4.70. The monoisotopic (exact) mass is 485 g/mol. The second-order valence-corrected chi connectivity index (χ2v) is 8.96. The average molecular weight is 487 g/mol. The number of halogens is 2. The Bertz CT molecular complexity index is 899. The third-order valence-corrected chi connectivity index (χ3v) is 6.58. The van der Waals surface area contributed by atoms with E-state index in [0.29, 0.717) is 32.4 Å². The molecule has 1 amide bonds. The van der Waals surface area contributed by atoms with Gasteiger partial charge in [-0.15, -0.1) is 11.3 Å². The van der Waals surface area contributed by atoms with E-state index in [2.05, 4.69) is 28.2 Å². The lowest BCUT2D eigenvalue weighted by atomic mass is 9.86. The van der Waals surface area contributed by atoms with Crippen molar-refractivity contribution in [2.45, 2.75) is 39.0 Å². The number of nitrogens with one attached hydrogen (secondary N) is 1. The summed E-state index contributed by atoms with van der Waals surface area (Å²) in [7, 11) is 0. The molecule has 150 valence electrons. The highest BCUT2D eigenvalue weighted by molar-refractivity contribution is 9.10. The lowest BCUT2D eigenvalue weighted by Gasteiger charge is -2.19. The Labute approximate surface area is 181 Å². The number of aryl methyl sites for hydroxylation is 1. The van der Waals surface area contributed by atoms with Gasteiger partial charge in [0.25, 0.3) is 5.91 Å². The maximum absolute atomic E-state index is 12.6. The summed E-state index contributed by atoms with van der Waals surface area (Å²) in [6.07, 6.45) is 3.02. The molecule has 28 heavy (non-hydrogen) atoms. The number of esters is 1. The summed E-state index contributed by atoms with van der Waals surface area (Å²) in [6, 6.07) is 5.07. The summed E-state index contributed by atoms with van der Waals surface area (Å²) in [4.78, 5) is 26.2. The van der Waals surface area contributed by atoms with Gasteiger partial charge in [-0.25, -0.2) is 4.79 Å². The topological polar surface area (TPSA) is 64.6 Å². The molecule has 5 nitrogen and oxygen atoms in total. The maximum Gasteiger partial charge on any atom is 0.341 e. The minimum Gasteiger partial charge on any atom is -0.483 e. The van der Waals surface area contributed by atoms with Crippen molar-refractivity contribution in [2.75, 3.05) is 18.5 Å². The van der Waals surface area contributed by atoms with Crippen LogP contribution in [0.3, 0.4) is 0 Å². The van der Waals surface area contributed by atoms with Gasteiger partial charge in [0.2, 0.25) is 0 Å². The van der Waals surface area contributed by atoms with Crippen LogP contribution in [-0.4, -0.2) is 25.1 Å². The van der Waals surface area contributed by atoms with Crippen molar-refractivity contribution in [3.8, 4) is 5.75 Å². The highest BCUT2D eigenvalue weighted by Crippen LogP contribution is 2.43. The standard InChI is InChI=1S/C20H21BrClNO4S/c1-3-26-20(25)18-17-11(2)5-4-6-15(17)28-19(18)23-16(24)10-27-14-8-7-12(22)9-13(14)21/h7-9,11H,3-6,10H2,1-2H3,(H,23,24). The van der Waals surface area contributed by atoms with Gasteiger partial charge in [-0.3, -0.25) is 4.79 Å². The van der Waals surface area contributed by atoms with Gasteiger partial charge in [-0.2, -0.15) is 0 Å². The Hall–Kier alpha value is -1.57. The minimum absolute atomic E-state index is 0.180. The van der Waals surface area contributed by atoms with Gasteiger partial charge in [0.1, 0.15) is 10.8 Å². The van der Waals surface area contributed by atoms with E-state index in [1.165, 1.54) is 11.3 Å². The molecular formula is C20H21BrClNO4S. The number of ether oxygens (including phenoxy) is 2. The van der Waals surface area contributed by atoms with E-state index >= 15 is 0 Å². The predicted molar refractivity (Wildman–Crippen MR) is 115 cm³/mol. The van der Waals surface area contributed by atoms with E-state index in [-0.39, 0.29) is 24.4 Å². The summed E-state index contributed by atoms with van der Waals surface area (Å²) in [6.45, 7) is 4.00. The SMILES string of the molecule is CCOC(=O)c1c(NC(=O)COc2ccc(Cl)cc2Br)sc2c1C(C)CCC2. The predicted octanol–water partition coefficient (Wildman–Crippen LogP) is 5.80. The van der Waals surface area contributed by atoms with Gasteiger partial charge in [0.15, 0.2) is 6.61 Å². The van der Waals surface area contributed by atoms with E-state index in [9.17, 15) is 9.59 Å². The first-order chi connectivity index (χ1) is 13.4. The minimum atomic E-state index is -0.384. The van der Waals surface area contributed by atoms with Crippen molar-refractivity contribution in [3.63, 3.8) is 0 Å². The molecule has 8 heteroatoms. The number of rotatable bonds is 6. The van der Waals surface area contributed by atoms with Crippen LogP contribution in [0.1, 0.15) is 53.4 Å². The van der Waals surface area contributed by atoms with E-state index in [1.807, 2.05) is 0 Å². The van der Waals surface area contributed by atoms with Crippen LogP contribution in [-0.2, 0) is 16.0 Å². The molecule has 0 saturated carbocycles. The van der Waals surface area contributed by atoms with E-state index in [1.54, 1.807) is 25.1 Å². The van der Waals surface area contributed by atoms with Crippen LogP contribution in [0.2, 0.25) is 5.02 Å². The molecule has 1 aromatic heterocycles. The lowest BCUT2D eigenvalue weighted by molar-refractivity contribution is -0.118. The van der Waals surface area contributed by atoms with Gasteiger partial charge < -0.3 is 14.8 Å². The van der Waals surface area contributed by atoms with Crippen molar-refractivity contribution in [1.82, 2.24) is 0 Å². The highest BCUT2D eigenvalue weighted by Gasteiger charge is 2.30. The highest BCUT2D eigenvalue weighted by atomic mass is 79.9. The number of hydrogen-bond donors (Lipinski definition) is 1. The number of amides is 1. The van der Waals surface area contributed by atoms with Crippen LogP contribution in [0.5, 0.6) is 5.75 Å². The molecule has 0 saturated heterocycles. The molecule has 0 aliphatic heterocycles. The molecule has 0 radical (unpaired) electrons. The summed E-state index contributed by atoms with van der Waals surface area (Å²) >= 11 is 10.7. The summed E-state index contributed by atoms with van der Waals surface area (Å²) in [5, 5.41) is 3.95. The summed E-state index contributed by atoms with van der Waals surface area (Å²) < 4.78 is 11.5. The van der Waals surface area contributed by atoms with Crippen LogP contribution in [0.4, 0.5) is 5.00 Å². The number of fused-ring (bicyclic) bond motifs is 1. The van der Waals surface area contributed by atoms with Gasteiger partial charge in [-0.1, -0.05) is 18.5 Å². The average Bonchev–Trinajstić information content (AvgIpc) is 3.00. The van der Waals surface area contributed by atoms with Crippen molar-refractivity contribution in [3.05, 3.63) is 43.7 Å². The van der Waals surface area contributed by atoms with Crippen LogP contribution in [0, 0.1) is 0 Å². The van der Waals surface area contributed by atoms with Crippen molar-refractivity contribution in [2.24, 2.45) is 0 Å². The van der Waals surface area contributed by atoms with Gasteiger partial charge in [-0.05, 0) is 71.8 Å². The number of carbonyl (C=O) groups excluding carboxylic acids is 2. The molecule has 0 bridgehead atoms. The van der Waals surface area contributed by atoms with Crippen LogP contribution < -0.4 is 10.1 Å². The Kier molecular flexibility index (Phi) is 7.01. The zero-order chi connectivity index (χ0) is 20.3. The lowest BCUT2D eigenvalue weighted by Crippen LogP contribution is -2.21. The largest absolute Gasteiger partial charge is 0.483 e. The molecule has 1 atom stereocenters. The van der Waals surface area contributed by atoms with Gasteiger partial charge in [0.05, 0.1) is 16.6 Å². The molecule has 1 N–H and O–H groups in total. The Morgan fingerprint density at radius 1 is 1.39 bits per heavy atom. The van der Waals surface area contributed by atoms with Crippen molar-refractivity contribution >= 4 is 55.7 Å². The number of hydrogen-bond acceptors (Lipinski definition) is 5. The van der Waals surface area contributed by atoms with Crippen molar-refractivity contribution < 1.29 is 19.1 Å². The normalized spacial score (nSPS) is 15.6. The number of thiophene rings is 1. The molecular weight excluding hydrogens is 466 g/mol. The zero-order valence-electron chi connectivity index (χ0n) is 15.6. The fourth-order valence-corrected chi connectivity index (χ4v) is 5.47. The third-order valence-electron chi connectivity index (χ3n) is 4.54. The Morgan fingerprint density at radius 2 is 2.18 bits per heavy atom. The number of anilines is 1. The zero-order valence-corrected chi connectivity index (χ0v) is 18.8. The second-order valence-electron chi connectivity index (χ2n) is 6.57. The van der Waals surface area contributed by atoms with Gasteiger partial charge in [0, 0.05) is 9.90 Å². The summed E-state index contributed by atoms with van der Waals surface area (Å²) in [5.41, 5.74) is 1.52. The number of benzene rings is 1. The molecule has 1 aromatic carbocycles. The first kappa shape index (κ1) is 21.1. The molecule has 3 rings (SSSR count). The maximum atomic E-state index is 12.6. The molecule has 2 aromatic rings. The smallest absolute Gasteiger partial charge is 0.341 e. The quantitative estimate of drug-likeness (QED) is 0.524. The van der Waals surface area contributed by atoms with E-state index in [4.69, 9.17) is 21.1 Å².